The van der Waals surface area contributed by atoms with Gasteiger partial charge in [-0.25, -0.2) is 0 Å². The lowest BCUT2D eigenvalue weighted by molar-refractivity contribution is -0.144. The summed E-state index contributed by atoms with van der Waals surface area (Å²) >= 11 is 0. The lowest BCUT2D eigenvalue weighted by Crippen LogP contribution is -2.56. The molecule has 0 heterocycles. The second-order valence-corrected chi connectivity index (χ2v) is 7.18. The van der Waals surface area contributed by atoms with Gasteiger partial charge in [0.25, 0.3) is 0 Å². The fourth-order valence-electron chi connectivity index (χ4n) is 2.24. The van der Waals surface area contributed by atoms with Crippen LogP contribution in [0.1, 0.15) is 46.1 Å². The topological polar surface area (TPSA) is 66.6 Å². The van der Waals surface area contributed by atoms with Crippen molar-refractivity contribution in [3.63, 3.8) is 0 Å². The summed E-state index contributed by atoms with van der Waals surface area (Å²) in [7, 11) is 0. The molecule has 1 aromatic rings. The molecule has 116 valence electrons. The van der Waals surface area contributed by atoms with Gasteiger partial charge in [0.1, 0.15) is 5.75 Å². The summed E-state index contributed by atoms with van der Waals surface area (Å²) in [4.78, 5) is 14.9. The highest BCUT2D eigenvalue weighted by Gasteiger charge is 2.46. The Bertz CT molecular complexity index is 528. The van der Waals surface area contributed by atoms with Gasteiger partial charge < -0.3 is 15.7 Å². The van der Waals surface area contributed by atoms with Crippen LogP contribution < -0.4 is 5.73 Å². The lowest BCUT2D eigenvalue weighted by atomic mass is 9.74. The van der Waals surface area contributed by atoms with Crippen molar-refractivity contribution < 1.29 is 9.90 Å². The van der Waals surface area contributed by atoms with Gasteiger partial charge in [-0.1, -0.05) is 12.1 Å². The Morgan fingerprint density at radius 3 is 2.43 bits per heavy atom. The van der Waals surface area contributed by atoms with Gasteiger partial charge in [-0.3, -0.25) is 4.79 Å². The average Bonchev–Trinajstić information content (AvgIpc) is 3.18. The van der Waals surface area contributed by atoms with Crippen LogP contribution >= 0.6 is 0 Å². The number of nitrogens with two attached hydrogens (primary N) is 1. The third kappa shape index (κ3) is 3.38. The van der Waals surface area contributed by atoms with Crippen molar-refractivity contribution in [3.05, 3.63) is 29.8 Å². The smallest absolute Gasteiger partial charge is 0.230 e. The summed E-state index contributed by atoms with van der Waals surface area (Å²) < 4.78 is 0. The maximum absolute atomic E-state index is 13.0. The van der Waals surface area contributed by atoms with Gasteiger partial charge in [-0.15, -0.1) is 0 Å². The highest BCUT2D eigenvalue weighted by Crippen LogP contribution is 2.37. The molecule has 0 aliphatic heterocycles. The van der Waals surface area contributed by atoms with Gasteiger partial charge >= 0.3 is 0 Å². The van der Waals surface area contributed by atoms with Crippen LogP contribution in [0.25, 0.3) is 0 Å². The molecule has 1 saturated carbocycles. The number of aromatic hydroxyl groups is 1. The maximum Gasteiger partial charge on any atom is 0.230 e. The van der Waals surface area contributed by atoms with E-state index in [1.807, 2.05) is 38.7 Å². The van der Waals surface area contributed by atoms with Crippen LogP contribution in [0, 0.1) is 5.41 Å². The molecule has 1 aliphatic carbocycles. The van der Waals surface area contributed by atoms with Crippen LogP contribution in [0.2, 0.25) is 0 Å². The number of amides is 1. The highest BCUT2D eigenvalue weighted by molar-refractivity contribution is 5.84. The van der Waals surface area contributed by atoms with Crippen LogP contribution in [-0.2, 0) is 11.3 Å². The van der Waals surface area contributed by atoms with Crippen LogP contribution in [-0.4, -0.2) is 27.5 Å². The first-order valence-corrected chi connectivity index (χ1v) is 7.51. The third-order valence-corrected chi connectivity index (χ3v) is 4.66. The van der Waals surface area contributed by atoms with Crippen molar-refractivity contribution in [1.29, 1.82) is 0 Å². The number of benzene rings is 1. The van der Waals surface area contributed by atoms with Crippen LogP contribution in [0.5, 0.6) is 5.75 Å². The number of carbonyl (C=O) groups excluding carboxylic acids is 1. The molecule has 0 saturated heterocycles. The van der Waals surface area contributed by atoms with Crippen molar-refractivity contribution >= 4 is 5.91 Å². The fourth-order valence-corrected chi connectivity index (χ4v) is 2.24. The zero-order valence-electron chi connectivity index (χ0n) is 13.4. The van der Waals surface area contributed by atoms with Crippen molar-refractivity contribution in [2.75, 3.05) is 0 Å². The first-order valence-electron chi connectivity index (χ1n) is 7.51. The molecule has 0 unspecified atom stereocenters. The first kappa shape index (κ1) is 15.8. The Labute approximate surface area is 126 Å². The average molecular weight is 290 g/mol. The molecule has 0 spiro atoms. The maximum atomic E-state index is 13.0. The Hall–Kier alpha value is -1.55. The van der Waals surface area contributed by atoms with Gasteiger partial charge in [0, 0.05) is 18.1 Å². The van der Waals surface area contributed by atoms with Gasteiger partial charge in [-0.2, -0.15) is 0 Å². The number of rotatable bonds is 5. The van der Waals surface area contributed by atoms with Crippen LogP contribution in [0.15, 0.2) is 24.3 Å². The summed E-state index contributed by atoms with van der Waals surface area (Å²) in [5.74, 6) is 0.315. The van der Waals surface area contributed by atoms with Gasteiger partial charge in [-0.05, 0) is 58.2 Å². The Morgan fingerprint density at radius 2 is 1.95 bits per heavy atom. The predicted octanol–water partition coefficient (Wildman–Crippen LogP) is 2.65. The summed E-state index contributed by atoms with van der Waals surface area (Å²) in [6, 6.07) is 7.39. The van der Waals surface area contributed by atoms with Gasteiger partial charge in [0.15, 0.2) is 0 Å². The number of nitrogens with zero attached hydrogens (tertiary/aromatic N) is 1. The van der Waals surface area contributed by atoms with E-state index < -0.39 is 11.0 Å². The van der Waals surface area contributed by atoms with E-state index in [0.29, 0.717) is 12.6 Å². The molecule has 0 radical (unpaired) electrons. The molecule has 3 N–H and O–H groups in total. The molecule has 21 heavy (non-hydrogen) atoms. The lowest BCUT2D eigenvalue weighted by Gasteiger charge is -2.41. The van der Waals surface area contributed by atoms with E-state index in [9.17, 15) is 9.90 Å². The largest absolute Gasteiger partial charge is 0.508 e. The second kappa shape index (κ2) is 5.34. The zero-order chi connectivity index (χ0) is 15.8. The van der Waals surface area contributed by atoms with Crippen LogP contribution in [0.3, 0.4) is 0 Å². The number of hydrogen-bond acceptors (Lipinski definition) is 3. The standard InChI is InChI=1S/C17H26N2O2/c1-16(2,17(3,4)18)15(21)19(13-8-9-13)11-12-6-5-7-14(20)10-12/h5-7,10,13,20H,8-9,11,18H2,1-4H3. The van der Waals surface area contributed by atoms with E-state index in [4.69, 9.17) is 5.73 Å². The Kier molecular flexibility index (Phi) is 4.02. The van der Waals surface area contributed by atoms with E-state index >= 15 is 0 Å². The van der Waals surface area contributed by atoms with E-state index in [0.717, 1.165) is 18.4 Å². The number of hydrogen-bond donors (Lipinski definition) is 2. The molecule has 4 heteroatoms. The van der Waals surface area contributed by atoms with Crippen molar-refractivity contribution in [2.24, 2.45) is 11.1 Å². The summed E-state index contributed by atoms with van der Waals surface area (Å²) in [5.41, 5.74) is 5.93. The Morgan fingerprint density at radius 1 is 1.33 bits per heavy atom. The minimum atomic E-state index is -0.633. The molecule has 1 aliphatic rings. The molecule has 4 nitrogen and oxygen atoms in total. The number of phenols is 1. The molecule has 0 atom stereocenters. The van der Waals surface area contributed by atoms with E-state index in [-0.39, 0.29) is 11.7 Å². The molecule has 0 aromatic heterocycles. The molecule has 2 rings (SSSR count). The summed E-state index contributed by atoms with van der Waals surface area (Å²) in [6.45, 7) is 8.13. The molecular weight excluding hydrogens is 264 g/mol. The quantitative estimate of drug-likeness (QED) is 0.876. The van der Waals surface area contributed by atoms with Gasteiger partial charge in [0.05, 0.1) is 5.41 Å². The fraction of sp³-hybridized carbons (Fsp3) is 0.588. The van der Waals surface area contributed by atoms with Crippen molar-refractivity contribution in [2.45, 2.75) is 58.7 Å². The molecular formula is C17H26N2O2. The highest BCUT2D eigenvalue weighted by atomic mass is 16.3. The number of carbonyl (C=O) groups is 1. The second-order valence-electron chi connectivity index (χ2n) is 7.18. The van der Waals surface area contributed by atoms with Crippen molar-refractivity contribution in [3.8, 4) is 5.75 Å². The van der Waals surface area contributed by atoms with Crippen LogP contribution in [0.4, 0.5) is 0 Å². The van der Waals surface area contributed by atoms with Crippen molar-refractivity contribution in [1.82, 2.24) is 4.90 Å². The summed E-state index contributed by atoms with van der Waals surface area (Å²) in [5, 5.41) is 9.58. The SMILES string of the molecule is CC(C)(N)C(C)(C)C(=O)N(Cc1cccc(O)c1)C1CC1. The molecule has 1 amide bonds. The molecule has 0 bridgehead atoms. The monoisotopic (exact) mass is 290 g/mol. The Balaban J connectivity index is 2.22. The minimum absolute atomic E-state index is 0.0841. The predicted molar refractivity (Wildman–Crippen MR) is 83.7 cm³/mol. The first-order chi connectivity index (χ1) is 9.63. The third-order valence-electron chi connectivity index (χ3n) is 4.66. The molecule has 1 aromatic carbocycles. The van der Waals surface area contributed by atoms with E-state index in [1.165, 1.54) is 0 Å². The zero-order valence-corrected chi connectivity index (χ0v) is 13.4. The minimum Gasteiger partial charge on any atom is -0.508 e. The summed E-state index contributed by atoms with van der Waals surface area (Å²) in [6.07, 6.45) is 2.09. The van der Waals surface area contributed by atoms with E-state index in [1.54, 1.807) is 18.2 Å². The number of phenolic OH excluding ortho intramolecular Hbond substituents is 1. The van der Waals surface area contributed by atoms with Gasteiger partial charge in [0.2, 0.25) is 5.91 Å². The van der Waals surface area contributed by atoms with E-state index in [2.05, 4.69) is 0 Å². The normalized spacial score (nSPS) is 15.9. The molecule has 1 fully saturated rings.